The number of nitrogens with one attached hydrogen (secondary N) is 1. The number of anilines is 3. The van der Waals surface area contributed by atoms with E-state index < -0.39 is 11.7 Å². The van der Waals surface area contributed by atoms with E-state index in [0.717, 1.165) is 17.7 Å². The van der Waals surface area contributed by atoms with Crippen LogP contribution >= 0.6 is 0 Å². The van der Waals surface area contributed by atoms with Crippen molar-refractivity contribution in [2.24, 2.45) is 0 Å². The molecule has 0 atom stereocenters. The molecule has 0 aliphatic carbocycles. The molecular weight excluding hydrogens is 283 g/mol. The standard InChI is InChI=1S/C14H14F3N3O/c1-21-8-9-3-2-4-11(5-9)19-13-7-10(14(15,16)17)6-12(18)20-13/h2-7H,8H2,1H3,(H3,18,19,20). The third-order valence-corrected chi connectivity index (χ3v) is 2.68. The van der Waals surface area contributed by atoms with Crippen molar-refractivity contribution in [3.05, 3.63) is 47.5 Å². The predicted octanol–water partition coefficient (Wildman–Crippen LogP) is 3.57. The van der Waals surface area contributed by atoms with Gasteiger partial charge < -0.3 is 15.8 Å². The molecule has 0 amide bonds. The number of rotatable bonds is 4. The molecule has 0 fully saturated rings. The Bertz CT molecular complexity index is 629. The van der Waals surface area contributed by atoms with E-state index in [1.807, 2.05) is 6.07 Å². The molecule has 2 rings (SSSR count). The molecule has 0 aliphatic heterocycles. The highest BCUT2D eigenvalue weighted by atomic mass is 19.4. The lowest BCUT2D eigenvalue weighted by Gasteiger charge is -2.12. The molecular formula is C14H14F3N3O. The van der Waals surface area contributed by atoms with E-state index in [2.05, 4.69) is 10.3 Å². The molecule has 1 heterocycles. The van der Waals surface area contributed by atoms with Crippen molar-refractivity contribution in [2.45, 2.75) is 12.8 Å². The summed E-state index contributed by atoms with van der Waals surface area (Å²) in [7, 11) is 1.56. The smallest absolute Gasteiger partial charge is 0.384 e. The summed E-state index contributed by atoms with van der Waals surface area (Å²) in [5.41, 5.74) is 6.07. The lowest BCUT2D eigenvalue weighted by molar-refractivity contribution is -0.137. The van der Waals surface area contributed by atoms with Crippen LogP contribution in [0.3, 0.4) is 0 Å². The van der Waals surface area contributed by atoms with Gasteiger partial charge in [0.1, 0.15) is 11.6 Å². The summed E-state index contributed by atoms with van der Waals surface area (Å²) in [6.07, 6.45) is -4.47. The second-order valence-electron chi connectivity index (χ2n) is 4.42. The van der Waals surface area contributed by atoms with Gasteiger partial charge in [-0.25, -0.2) is 4.98 Å². The van der Waals surface area contributed by atoms with Gasteiger partial charge in [0.25, 0.3) is 0 Å². The van der Waals surface area contributed by atoms with Crippen molar-refractivity contribution in [3.63, 3.8) is 0 Å². The minimum absolute atomic E-state index is 0.0388. The molecule has 0 radical (unpaired) electrons. The lowest BCUT2D eigenvalue weighted by atomic mass is 10.2. The maximum absolute atomic E-state index is 12.7. The van der Waals surface area contributed by atoms with Crippen LogP contribution in [0.4, 0.5) is 30.5 Å². The second kappa shape index (κ2) is 6.01. The Morgan fingerprint density at radius 2 is 2.00 bits per heavy atom. The highest BCUT2D eigenvalue weighted by molar-refractivity contribution is 5.59. The number of hydrogen-bond donors (Lipinski definition) is 2. The van der Waals surface area contributed by atoms with E-state index in [1.54, 1.807) is 25.3 Å². The van der Waals surface area contributed by atoms with E-state index in [-0.39, 0.29) is 11.6 Å². The number of halogens is 3. The fraction of sp³-hybridized carbons (Fsp3) is 0.214. The highest BCUT2D eigenvalue weighted by Gasteiger charge is 2.31. The largest absolute Gasteiger partial charge is 0.416 e. The number of nitrogens with zero attached hydrogens (tertiary/aromatic N) is 1. The first-order chi connectivity index (χ1) is 9.88. The Kier molecular flexibility index (Phi) is 4.32. The number of alkyl halides is 3. The van der Waals surface area contributed by atoms with Crippen LogP contribution in [-0.2, 0) is 17.5 Å². The van der Waals surface area contributed by atoms with E-state index in [0.29, 0.717) is 12.3 Å². The zero-order valence-corrected chi connectivity index (χ0v) is 11.2. The highest BCUT2D eigenvalue weighted by Crippen LogP contribution is 2.32. The van der Waals surface area contributed by atoms with Crippen LogP contribution in [0.25, 0.3) is 0 Å². The van der Waals surface area contributed by atoms with Crippen molar-refractivity contribution < 1.29 is 17.9 Å². The van der Waals surface area contributed by atoms with Gasteiger partial charge in [0.05, 0.1) is 12.2 Å². The topological polar surface area (TPSA) is 60.2 Å². The van der Waals surface area contributed by atoms with Crippen LogP contribution in [0.2, 0.25) is 0 Å². The molecule has 7 heteroatoms. The summed E-state index contributed by atoms with van der Waals surface area (Å²) in [5.74, 6) is -0.155. The maximum Gasteiger partial charge on any atom is 0.416 e. The van der Waals surface area contributed by atoms with E-state index in [9.17, 15) is 13.2 Å². The van der Waals surface area contributed by atoms with Crippen LogP contribution in [-0.4, -0.2) is 12.1 Å². The van der Waals surface area contributed by atoms with Crippen LogP contribution in [0.1, 0.15) is 11.1 Å². The van der Waals surface area contributed by atoms with Gasteiger partial charge in [-0.3, -0.25) is 0 Å². The van der Waals surface area contributed by atoms with Gasteiger partial charge in [-0.15, -0.1) is 0 Å². The Morgan fingerprint density at radius 1 is 1.24 bits per heavy atom. The van der Waals surface area contributed by atoms with Crippen molar-refractivity contribution in [1.29, 1.82) is 0 Å². The van der Waals surface area contributed by atoms with Crippen molar-refractivity contribution in [3.8, 4) is 0 Å². The molecule has 4 nitrogen and oxygen atoms in total. The molecule has 0 saturated carbocycles. The minimum Gasteiger partial charge on any atom is -0.384 e. The SMILES string of the molecule is COCc1cccc(Nc2cc(C(F)(F)F)cc(N)n2)c1. The monoisotopic (exact) mass is 297 g/mol. The van der Waals surface area contributed by atoms with Crippen molar-refractivity contribution in [1.82, 2.24) is 4.98 Å². The number of hydrogen-bond acceptors (Lipinski definition) is 4. The second-order valence-corrected chi connectivity index (χ2v) is 4.42. The summed E-state index contributed by atoms with van der Waals surface area (Å²) in [6.45, 7) is 0.410. The zero-order valence-electron chi connectivity index (χ0n) is 11.2. The average Bonchev–Trinajstić information content (AvgIpc) is 2.38. The minimum atomic E-state index is -4.47. The normalized spacial score (nSPS) is 11.4. The van der Waals surface area contributed by atoms with Gasteiger partial charge in [-0.2, -0.15) is 13.2 Å². The Labute approximate surface area is 119 Å². The fourth-order valence-electron chi connectivity index (χ4n) is 1.83. The Morgan fingerprint density at radius 3 is 2.67 bits per heavy atom. The van der Waals surface area contributed by atoms with Crippen LogP contribution in [0, 0.1) is 0 Å². The molecule has 0 saturated heterocycles. The summed E-state index contributed by atoms with van der Waals surface area (Å²) >= 11 is 0. The number of aromatic nitrogens is 1. The number of benzene rings is 1. The molecule has 0 unspecified atom stereocenters. The summed E-state index contributed by atoms with van der Waals surface area (Å²) < 4.78 is 43.2. The number of nitrogen functional groups attached to an aromatic ring is 1. The first-order valence-electron chi connectivity index (χ1n) is 6.08. The van der Waals surface area contributed by atoms with Gasteiger partial charge in [0, 0.05) is 12.8 Å². The molecule has 3 N–H and O–H groups in total. The van der Waals surface area contributed by atoms with Crippen LogP contribution < -0.4 is 11.1 Å². The number of nitrogens with two attached hydrogens (primary N) is 1. The van der Waals surface area contributed by atoms with E-state index in [1.165, 1.54) is 0 Å². The first-order valence-corrected chi connectivity index (χ1v) is 6.08. The number of ether oxygens (including phenoxy) is 1. The van der Waals surface area contributed by atoms with Crippen molar-refractivity contribution >= 4 is 17.3 Å². The summed E-state index contributed by atoms with van der Waals surface area (Å²) in [4.78, 5) is 3.85. The van der Waals surface area contributed by atoms with Gasteiger partial charge in [-0.05, 0) is 29.8 Å². The Balaban J connectivity index is 2.27. The van der Waals surface area contributed by atoms with Gasteiger partial charge in [0.15, 0.2) is 0 Å². The molecule has 21 heavy (non-hydrogen) atoms. The Hall–Kier alpha value is -2.28. The van der Waals surface area contributed by atoms with Gasteiger partial charge >= 0.3 is 6.18 Å². The maximum atomic E-state index is 12.7. The quantitative estimate of drug-likeness (QED) is 0.905. The third-order valence-electron chi connectivity index (χ3n) is 2.68. The summed E-state index contributed by atoms with van der Waals surface area (Å²) in [6, 6.07) is 8.82. The van der Waals surface area contributed by atoms with Gasteiger partial charge in [0.2, 0.25) is 0 Å². The molecule has 0 spiro atoms. The van der Waals surface area contributed by atoms with E-state index in [4.69, 9.17) is 10.5 Å². The molecule has 2 aromatic rings. The summed E-state index contributed by atoms with van der Waals surface area (Å²) in [5, 5.41) is 2.81. The van der Waals surface area contributed by atoms with E-state index >= 15 is 0 Å². The van der Waals surface area contributed by atoms with Gasteiger partial charge in [-0.1, -0.05) is 12.1 Å². The lowest BCUT2D eigenvalue weighted by Crippen LogP contribution is -2.08. The van der Waals surface area contributed by atoms with Crippen molar-refractivity contribution in [2.75, 3.05) is 18.2 Å². The molecule has 0 bridgehead atoms. The van der Waals surface area contributed by atoms with Crippen LogP contribution in [0.15, 0.2) is 36.4 Å². The third kappa shape index (κ3) is 4.09. The number of methoxy groups -OCH3 is 1. The number of pyridine rings is 1. The van der Waals surface area contributed by atoms with Crippen LogP contribution in [0.5, 0.6) is 0 Å². The molecule has 0 aliphatic rings. The first kappa shape index (κ1) is 15.1. The molecule has 1 aromatic heterocycles. The average molecular weight is 297 g/mol. The zero-order chi connectivity index (χ0) is 15.5. The predicted molar refractivity (Wildman–Crippen MR) is 74.1 cm³/mol. The molecule has 112 valence electrons. The molecule has 1 aromatic carbocycles. The fourth-order valence-corrected chi connectivity index (χ4v) is 1.83.